The van der Waals surface area contributed by atoms with Crippen molar-refractivity contribution in [3.8, 4) is 0 Å². The summed E-state index contributed by atoms with van der Waals surface area (Å²) in [5.41, 5.74) is 0.881. The molecule has 5 heteroatoms. The fraction of sp³-hybridized carbons (Fsp3) is 0.667. The number of carbonyl (C=O) groups excluding carboxylic acids is 1. The van der Waals surface area contributed by atoms with Crippen LogP contribution in [0.1, 0.15) is 32.1 Å². The molecule has 1 aliphatic rings. The van der Waals surface area contributed by atoms with Crippen molar-refractivity contribution < 1.29 is 4.79 Å². The fourth-order valence-electron chi connectivity index (χ4n) is 2.22. The van der Waals surface area contributed by atoms with Gasteiger partial charge in [0.1, 0.15) is 0 Å². The van der Waals surface area contributed by atoms with Crippen molar-refractivity contribution in [1.82, 2.24) is 15.1 Å². The number of rotatable bonds is 4. The molecule has 17 heavy (non-hydrogen) atoms. The van der Waals surface area contributed by atoms with Crippen molar-refractivity contribution in [2.24, 2.45) is 7.05 Å². The highest BCUT2D eigenvalue weighted by Gasteiger charge is 2.15. The van der Waals surface area contributed by atoms with E-state index in [2.05, 4.69) is 15.7 Å². The second-order valence-electron chi connectivity index (χ2n) is 4.66. The van der Waals surface area contributed by atoms with E-state index in [1.165, 1.54) is 19.3 Å². The summed E-state index contributed by atoms with van der Waals surface area (Å²) >= 11 is 0. The predicted molar refractivity (Wildman–Crippen MR) is 66.7 cm³/mol. The highest BCUT2D eigenvalue weighted by molar-refractivity contribution is 5.80. The standard InChI is InChI=1S/C12H20N4O/c1-16-9-11(7-14-16)13-8-12(17)15-10-5-3-2-4-6-10/h7,9-10,13H,2-6,8H2,1H3,(H,15,17). The van der Waals surface area contributed by atoms with Crippen molar-refractivity contribution in [1.29, 1.82) is 0 Å². The van der Waals surface area contributed by atoms with Gasteiger partial charge >= 0.3 is 0 Å². The number of hydrogen-bond donors (Lipinski definition) is 2. The summed E-state index contributed by atoms with van der Waals surface area (Å²) in [6.45, 7) is 0.322. The lowest BCUT2D eigenvalue weighted by Crippen LogP contribution is -2.39. The number of carbonyl (C=O) groups is 1. The topological polar surface area (TPSA) is 59.0 Å². The molecule has 0 bridgehead atoms. The van der Waals surface area contributed by atoms with Crippen molar-refractivity contribution in [2.45, 2.75) is 38.1 Å². The SMILES string of the molecule is Cn1cc(NCC(=O)NC2CCCCC2)cn1. The Labute approximate surface area is 102 Å². The van der Waals surface area contributed by atoms with Crippen LogP contribution in [-0.2, 0) is 11.8 Å². The van der Waals surface area contributed by atoms with E-state index in [0.717, 1.165) is 18.5 Å². The van der Waals surface area contributed by atoms with Gasteiger partial charge in [0, 0.05) is 19.3 Å². The van der Waals surface area contributed by atoms with Crippen LogP contribution in [0.5, 0.6) is 0 Å². The van der Waals surface area contributed by atoms with Crippen LogP contribution in [0.2, 0.25) is 0 Å². The van der Waals surface area contributed by atoms with E-state index in [-0.39, 0.29) is 5.91 Å². The summed E-state index contributed by atoms with van der Waals surface area (Å²) in [4.78, 5) is 11.7. The molecule has 1 heterocycles. The van der Waals surface area contributed by atoms with Gasteiger partial charge in [-0.25, -0.2) is 0 Å². The van der Waals surface area contributed by atoms with E-state index in [9.17, 15) is 4.79 Å². The molecule has 1 aromatic rings. The first-order chi connectivity index (χ1) is 8.24. The molecule has 0 radical (unpaired) electrons. The third-order valence-corrected chi connectivity index (χ3v) is 3.13. The van der Waals surface area contributed by atoms with Crippen molar-refractivity contribution in [3.05, 3.63) is 12.4 Å². The Morgan fingerprint density at radius 3 is 2.88 bits per heavy atom. The normalized spacial score (nSPS) is 16.8. The quantitative estimate of drug-likeness (QED) is 0.828. The molecule has 2 rings (SSSR count). The van der Waals surface area contributed by atoms with Crippen LogP contribution in [-0.4, -0.2) is 28.3 Å². The summed E-state index contributed by atoms with van der Waals surface area (Å²) in [6.07, 6.45) is 9.60. The molecule has 0 atom stereocenters. The zero-order chi connectivity index (χ0) is 12.1. The lowest BCUT2D eigenvalue weighted by molar-refractivity contribution is -0.120. The minimum atomic E-state index is 0.0701. The monoisotopic (exact) mass is 236 g/mol. The van der Waals surface area contributed by atoms with Gasteiger partial charge in [0.15, 0.2) is 0 Å². The summed E-state index contributed by atoms with van der Waals surface area (Å²) in [5.74, 6) is 0.0701. The zero-order valence-corrected chi connectivity index (χ0v) is 10.3. The molecule has 1 aliphatic carbocycles. The average Bonchev–Trinajstić information content (AvgIpc) is 2.74. The molecule has 2 N–H and O–H groups in total. The van der Waals surface area contributed by atoms with Gasteiger partial charge in [-0.2, -0.15) is 5.10 Å². The van der Waals surface area contributed by atoms with Crippen LogP contribution >= 0.6 is 0 Å². The molecule has 0 spiro atoms. The van der Waals surface area contributed by atoms with Crippen LogP contribution < -0.4 is 10.6 Å². The van der Waals surface area contributed by atoms with E-state index in [1.807, 2.05) is 13.2 Å². The fourth-order valence-corrected chi connectivity index (χ4v) is 2.22. The maximum Gasteiger partial charge on any atom is 0.239 e. The number of aromatic nitrogens is 2. The molecule has 0 saturated heterocycles. The molecule has 5 nitrogen and oxygen atoms in total. The van der Waals surface area contributed by atoms with Gasteiger partial charge in [0.2, 0.25) is 5.91 Å². The highest BCUT2D eigenvalue weighted by atomic mass is 16.1. The second-order valence-corrected chi connectivity index (χ2v) is 4.66. The minimum Gasteiger partial charge on any atom is -0.374 e. The number of nitrogens with zero attached hydrogens (tertiary/aromatic N) is 2. The maximum atomic E-state index is 11.7. The zero-order valence-electron chi connectivity index (χ0n) is 10.3. The van der Waals surface area contributed by atoms with Gasteiger partial charge in [0.25, 0.3) is 0 Å². The summed E-state index contributed by atoms with van der Waals surface area (Å²) in [7, 11) is 1.85. The Morgan fingerprint density at radius 2 is 2.24 bits per heavy atom. The average molecular weight is 236 g/mol. The maximum absolute atomic E-state index is 11.7. The van der Waals surface area contributed by atoms with E-state index in [4.69, 9.17) is 0 Å². The van der Waals surface area contributed by atoms with Gasteiger partial charge in [-0.05, 0) is 12.8 Å². The van der Waals surface area contributed by atoms with Crippen molar-refractivity contribution >= 4 is 11.6 Å². The van der Waals surface area contributed by atoms with E-state index in [0.29, 0.717) is 12.6 Å². The third-order valence-electron chi connectivity index (χ3n) is 3.13. The van der Waals surface area contributed by atoms with Crippen LogP contribution in [0.25, 0.3) is 0 Å². The lowest BCUT2D eigenvalue weighted by Gasteiger charge is -2.22. The summed E-state index contributed by atoms with van der Waals surface area (Å²) in [6, 6.07) is 0.381. The number of anilines is 1. The molecular weight excluding hydrogens is 216 g/mol. The van der Waals surface area contributed by atoms with E-state index < -0.39 is 0 Å². The largest absolute Gasteiger partial charge is 0.374 e. The molecule has 94 valence electrons. The minimum absolute atomic E-state index is 0.0701. The molecule has 0 unspecified atom stereocenters. The van der Waals surface area contributed by atoms with Gasteiger partial charge in [-0.1, -0.05) is 19.3 Å². The molecule has 0 aliphatic heterocycles. The van der Waals surface area contributed by atoms with Crippen molar-refractivity contribution in [3.63, 3.8) is 0 Å². The number of nitrogens with one attached hydrogen (secondary N) is 2. The van der Waals surface area contributed by atoms with Crippen LogP contribution in [0.3, 0.4) is 0 Å². The first-order valence-electron chi connectivity index (χ1n) is 6.26. The molecule has 1 saturated carbocycles. The molecule has 1 aromatic heterocycles. The Kier molecular flexibility index (Phi) is 4.01. The Morgan fingerprint density at radius 1 is 1.47 bits per heavy atom. The van der Waals surface area contributed by atoms with E-state index >= 15 is 0 Å². The molecule has 1 fully saturated rings. The number of amides is 1. The first-order valence-corrected chi connectivity index (χ1v) is 6.26. The van der Waals surface area contributed by atoms with E-state index in [1.54, 1.807) is 10.9 Å². The number of hydrogen-bond acceptors (Lipinski definition) is 3. The van der Waals surface area contributed by atoms with Gasteiger partial charge in [-0.15, -0.1) is 0 Å². The van der Waals surface area contributed by atoms with Gasteiger partial charge in [0.05, 0.1) is 18.4 Å². The second kappa shape index (κ2) is 5.70. The van der Waals surface area contributed by atoms with Crippen molar-refractivity contribution in [2.75, 3.05) is 11.9 Å². The van der Waals surface area contributed by atoms with Crippen LogP contribution in [0.4, 0.5) is 5.69 Å². The summed E-state index contributed by atoms with van der Waals surface area (Å²) in [5, 5.41) is 10.2. The van der Waals surface area contributed by atoms with Crippen LogP contribution in [0, 0.1) is 0 Å². The first kappa shape index (κ1) is 12.0. The Hall–Kier alpha value is -1.52. The molecule has 0 aromatic carbocycles. The predicted octanol–water partition coefficient (Wildman–Crippen LogP) is 1.28. The van der Waals surface area contributed by atoms with Gasteiger partial charge in [-0.3, -0.25) is 9.48 Å². The highest BCUT2D eigenvalue weighted by Crippen LogP contribution is 2.17. The molecular formula is C12H20N4O. The summed E-state index contributed by atoms with van der Waals surface area (Å²) < 4.78 is 1.71. The third kappa shape index (κ3) is 3.76. The smallest absolute Gasteiger partial charge is 0.239 e. The Balaban J connectivity index is 1.70. The lowest BCUT2D eigenvalue weighted by atomic mass is 9.95. The van der Waals surface area contributed by atoms with Crippen LogP contribution in [0.15, 0.2) is 12.4 Å². The number of aryl methyl sites for hydroxylation is 1. The van der Waals surface area contributed by atoms with Gasteiger partial charge < -0.3 is 10.6 Å². The Bertz CT molecular complexity index is 368. The molecule has 1 amide bonds.